The summed E-state index contributed by atoms with van der Waals surface area (Å²) in [5.41, 5.74) is 1.64. The third kappa shape index (κ3) is 3.30. The van der Waals surface area contributed by atoms with Crippen LogP contribution in [0.5, 0.6) is 0 Å². The van der Waals surface area contributed by atoms with E-state index in [0.717, 1.165) is 21.2 Å². The van der Waals surface area contributed by atoms with Crippen LogP contribution in [0.4, 0.5) is 5.13 Å². The lowest BCUT2D eigenvalue weighted by molar-refractivity contribution is 0.0526. The highest BCUT2D eigenvalue weighted by atomic mass is 32.2. The highest BCUT2D eigenvalue weighted by Crippen LogP contribution is 2.60. The van der Waals surface area contributed by atoms with Crippen molar-refractivity contribution in [3.05, 3.63) is 34.9 Å². The molecule has 158 valence electrons. The predicted octanol–water partition coefficient (Wildman–Crippen LogP) is 4.50. The van der Waals surface area contributed by atoms with Crippen molar-refractivity contribution in [2.75, 3.05) is 18.2 Å². The quantitative estimate of drug-likeness (QED) is 0.642. The van der Waals surface area contributed by atoms with Crippen LogP contribution in [0.3, 0.4) is 0 Å². The maximum Gasteiger partial charge on any atom is 0.338 e. The molecule has 2 aromatic rings. The third-order valence-electron chi connectivity index (χ3n) is 6.51. The number of esters is 1. The Balaban J connectivity index is 1.29. The summed E-state index contributed by atoms with van der Waals surface area (Å²) in [5.74, 6) is 1.94. The lowest BCUT2D eigenvalue weighted by Gasteiger charge is -2.21. The van der Waals surface area contributed by atoms with E-state index in [0.29, 0.717) is 24.0 Å². The van der Waals surface area contributed by atoms with Crippen LogP contribution in [-0.4, -0.2) is 41.7 Å². The number of thioether (sulfide) groups is 1. The van der Waals surface area contributed by atoms with Gasteiger partial charge in [0.15, 0.2) is 5.13 Å². The van der Waals surface area contributed by atoms with Crippen molar-refractivity contribution in [3.63, 3.8) is 0 Å². The Morgan fingerprint density at radius 1 is 1.50 bits per heavy atom. The Morgan fingerprint density at radius 3 is 3.10 bits per heavy atom. The molecule has 2 heterocycles. The standard InChI is InChI=1S/C22H26N4O2S2/c1-5-28-19(27)12-6-7-14-15(8-12)30-21(24-14)26-18-11(2)17(18)25-20-22(3)9-13(22)16(29-4)10-23-20/h6-8,10-11,13,17-18H,5,9H2,1-4H3,(H,23,25)(H,24,26)/t11-,13+,17?,18-,22-/m0/s1. The van der Waals surface area contributed by atoms with Gasteiger partial charge in [-0.15, -0.1) is 11.8 Å². The van der Waals surface area contributed by atoms with Gasteiger partial charge in [-0.1, -0.05) is 25.2 Å². The van der Waals surface area contributed by atoms with Gasteiger partial charge in [0.2, 0.25) is 0 Å². The van der Waals surface area contributed by atoms with Crippen molar-refractivity contribution in [2.45, 2.75) is 39.3 Å². The van der Waals surface area contributed by atoms with Crippen LogP contribution < -0.4 is 10.6 Å². The summed E-state index contributed by atoms with van der Waals surface area (Å²) in [6.07, 6.45) is 5.46. The second-order valence-corrected chi connectivity index (χ2v) is 10.4. The van der Waals surface area contributed by atoms with Gasteiger partial charge >= 0.3 is 5.97 Å². The van der Waals surface area contributed by atoms with Crippen LogP contribution in [-0.2, 0) is 4.74 Å². The first-order valence-corrected chi connectivity index (χ1v) is 12.4. The van der Waals surface area contributed by atoms with Gasteiger partial charge in [0, 0.05) is 28.4 Å². The minimum absolute atomic E-state index is 0.180. The van der Waals surface area contributed by atoms with Crippen LogP contribution in [0, 0.1) is 17.3 Å². The van der Waals surface area contributed by atoms with Crippen molar-refractivity contribution in [3.8, 4) is 0 Å². The van der Waals surface area contributed by atoms with E-state index < -0.39 is 0 Å². The van der Waals surface area contributed by atoms with Gasteiger partial charge in [0.1, 0.15) is 5.84 Å². The molecule has 0 radical (unpaired) electrons. The number of nitrogens with zero attached hydrogens (tertiary/aromatic N) is 2. The fraction of sp³-hybridized carbons (Fsp3) is 0.500. The van der Waals surface area contributed by atoms with Crippen LogP contribution >= 0.6 is 23.1 Å². The second kappa shape index (κ2) is 7.27. The number of rotatable bonds is 6. The number of allylic oxidation sites excluding steroid dienone is 1. The summed E-state index contributed by atoms with van der Waals surface area (Å²) < 4.78 is 6.08. The van der Waals surface area contributed by atoms with Crippen LogP contribution in [0.25, 0.3) is 10.2 Å². The molecular formula is C22H26N4O2S2. The average molecular weight is 443 g/mol. The molecule has 2 fully saturated rings. The molecule has 3 aliphatic rings. The van der Waals surface area contributed by atoms with Crippen LogP contribution in [0.2, 0.25) is 0 Å². The van der Waals surface area contributed by atoms with Gasteiger partial charge in [-0.2, -0.15) is 0 Å². The number of aliphatic imine (C=N–C) groups is 1. The molecule has 5 atom stereocenters. The zero-order valence-corrected chi connectivity index (χ0v) is 19.2. The normalized spacial score (nSPS) is 32.9. The first-order chi connectivity index (χ1) is 14.4. The summed E-state index contributed by atoms with van der Waals surface area (Å²) in [6.45, 7) is 6.74. The lowest BCUT2D eigenvalue weighted by atomic mass is 10.0. The van der Waals surface area contributed by atoms with Crippen molar-refractivity contribution in [1.82, 2.24) is 10.3 Å². The molecule has 0 saturated heterocycles. The molecule has 30 heavy (non-hydrogen) atoms. The van der Waals surface area contributed by atoms with E-state index in [4.69, 9.17) is 14.7 Å². The zero-order valence-electron chi connectivity index (χ0n) is 17.6. The molecule has 0 bridgehead atoms. The van der Waals surface area contributed by atoms with E-state index in [-0.39, 0.29) is 23.5 Å². The first-order valence-electron chi connectivity index (χ1n) is 10.4. The number of ether oxygens (including phenoxy) is 1. The van der Waals surface area contributed by atoms with E-state index >= 15 is 0 Å². The maximum atomic E-state index is 12.0. The molecule has 8 heteroatoms. The van der Waals surface area contributed by atoms with Crippen molar-refractivity contribution in [2.24, 2.45) is 22.2 Å². The molecule has 2 saturated carbocycles. The number of thiazole rings is 1. The predicted molar refractivity (Wildman–Crippen MR) is 124 cm³/mol. The summed E-state index contributed by atoms with van der Waals surface area (Å²) in [7, 11) is 0. The molecule has 1 aliphatic heterocycles. The Bertz CT molecular complexity index is 1080. The number of carbonyl (C=O) groups excluding carboxylic acids is 1. The zero-order chi connectivity index (χ0) is 21.0. The number of anilines is 1. The van der Waals surface area contributed by atoms with Gasteiger partial charge in [-0.25, -0.2) is 9.78 Å². The largest absolute Gasteiger partial charge is 0.462 e. The van der Waals surface area contributed by atoms with Gasteiger partial charge in [0.05, 0.1) is 34.5 Å². The van der Waals surface area contributed by atoms with E-state index in [1.54, 1.807) is 17.4 Å². The molecule has 2 aliphatic carbocycles. The number of benzene rings is 1. The molecular weight excluding hydrogens is 416 g/mol. The van der Waals surface area contributed by atoms with Gasteiger partial charge in [-0.3, -0.25) is 4.99 Å². The van der Waals surface area contributed by atoms with Crippen LogP contribution in [0.1, 0.15) is 37.6 Å². The highest BCUT2D eigenvalue weighted by Gasteiger charge is 2.59. The van der Waals surface area contributed by atoms with Gasteiger partial charge in [0.25, 0.3) is 0 Å². The van der Waals surface area contributed by atoms with Crippen molar-refractivity contribution >= 4 is 50.3 Å². The topological polar surface area (TPSA) is 75.6 Å². The molecule has 5 rings (SSSR count). The third-order valence-corrected chi connectivity index (χ3v) is 8.33. The molecule has 0 spiro atoms. The van der Waals surface area contributed by atoms with E-state index in [9.17, 15) is 4.79 Å². The van der Waals surface area contributed by atoms with Crippen LogP contribution in [0.15, 0.2) is 34.3 Å². The summed E-state index contributed by atoms with van der Waals surface area (Å²) >= 11 is 3.41. The average Bonchev–Trinajstić information content (AvgIpc) is 3.52. The molecule has 1 aromatic carbocycles. The Labute approximate surface area is 184 Å². The van der Waals surface area contributed by atoms with E-state index in [1.807, 2.05) is 30.8 Å². The SMILES string of the molecule is CCOC(=O)c1ccc2nc(N[C@@H]3C(N=C4NC=C(SC)[C@H]5C[C@]45C)[C@@H]3C)sc2c1. The first kappa shape index (κ1) is 19.9. The number of aromatic nitrogens is 1. The molecule has 2 N–H and O–H groups in total. The molecule has 6 nitrogen and oxygen atoms in total. The Morgan fingerprint density at radius 2 is 2.33 bits per heavy atom. The molecule has 1 aromatic heterocycles. The number of fused-ring (bicyclic) bond motifs is 2. The molecule has 0 amide bonds. The summed E-state index contributed by atoms with van der Waals surface area (Å²) in [4.78, 5) is 23.2. The van der Waals surface area contributed by atoms with Gasteiger partial charge in [-0.05, 0) is 37.8 Å². The Hall–Kier alpha value is -2.06. The Kier molecular flexibility index (Phi) is 4.82. The number of hydrogen-bond donors (Lipinski definition) is 2. The number of carbonyl (C=O) groups is 1. The second-order valence-electron chi connectivity index (χ2n) is 8.49. The smallest absolute Gasteiger partial charge is 0.338 e. The van der Waals surface area contributed by atoms with Crippen molar-refractivity contribution < 1.29 is 9.53 Å². The summed E-state index contributed by atoms with van der Waals surface area (Å²) in [6, 6.07) is 6.07. The number of nitrogens with one attached hydrogen (secondary N) is 2. The van der Waals surface area contributed by atoms with E-state index in [1.165, 1.54) is 11.3 Å². The fourth-order valence-electron chi connectivity index (χ4n) is 4.31. The van der Waals surface area contributed by atoms with Gasteiger partial charge < -0.3 is 15.4 Å². The maximum absolute atomic E-state index is 12.0. The number of amidine groups is 1. The fourth-order valence-corrected chi connectivity index (χ4v) is 6.06. The minimum Gasteiger partial charge on any atom is -0.462 e. The van der Waals surface area contributed by atoms with Crippen molar-refractivity contribution in [1.29, 1.82) is 0 Å². The lowest BCUT2D eigenvalue weighted by Crippen LogP contribution is -2.32. The monoisotopic (exact) mass is 442 g/mol. The van der Waals surface area contributed by atoms with E-state index in [2.05, 4.69) is 36.9 Å². The minimum atomic E-state index is -0.292. The number of hydrogen-bond acceptors (Lipinski definition) is 7. The molecule has 1 unspecified atom stereocenters. The highest BCUT2D eigenvalue weighted by molar-refractivity contribution is 8.02. The summed E-state index contributed by atoms with van der Waals surface area (Å²) in [5, 5.41) is 7.90.